The van der Waals surface area contributed by atoms with E-state index in [0.717, 1.165) is 89.9 Å². The minimum atomic E-state index is -4.36. The number of nitrogens with zero attached hydrogens (tertiary/aromatic N) is 1. The number of hydrogen-bond donors (Lipinski definition) is 1. The zero-order valence-corrected chi connectivity index (χ0v) is 49.2. The van der Waals surface area contributed by atoms with Crippen LogP contribution in [0.1, 0.15) is 297 Å². The molecular formula is C62H119NO8P+. The number of carbonyl (C=O) groups excluding carboxylic acids is 2. The average molecular weight is 1040 g/mol. The highest BCUT2D eigenvalue weighted by Crippen LogP contribution is 2.49. The van der Waals surface area contributed by atoms with E-state index in [0.29, 0.717) is 10.9 Å². The van der Waals surface area contributed by atoms with E-state index < -0.39 is 25.5 Å². The Morgan fingerprint density at radius 3 is 1.12 bits per heavy atom. The van der Waals surface area contributed by atoms with Gasteiger partial charge in [-0.15, -0.1) is 0 Å². The summed E-state index contributed by atoms with van der Waals surface area (Å²) in [4.78, 5) is 37.2. The number of allylic oxidation sites excluding steroid dienone is 5. The first kappa shape index (κ1) is 70.1. The van der Waals surface area contributed by atoms with Gasteiger partial charge in [0.15, 0.2) is 6.10 Å². The molecule has 0 spiro atoms. The number of carbonyl (C=O) groups is 2. The van der Waals surface area contributed by atoms with Crippen molar-refractivity contribution in [3.63, 3.8) is 0 Å². The van der Waals surface area contributed by atoms with Gasteiger partial charge in [-0.2, -0.15) is 0 Å². The van der Waals surface area contributed by atoms with Crippen molar-refractivity contribution < 1.29 is 42.3 Å². The lowest BCUT2D eigenvalue weighted by Crippen LogP contribution is -2.42. The van der Waals surface area contributed by atoms with Crippen molar-refractivity contribution in [3.8, 4) is 0 Å². The van der Waals surface area contributed by atoms with Crippen LogP contribution >= 0.6 is 7.60 Å². The molecule has 0 radical (unpaired) electrons. The first-order valence-electron chi connectivity index (χ1n) is 30.7. The Morgan fingerprint density at radius 1 is 0.444 bits per heavy atom. The zero-order valence-electron chi connectivity index (χ0n) is 48.3. The van der Waals surface area contributed by atoms with Crippen molar-refractivity contribution in [2.45, 2.75) is 309 Å². The molecule has 2 unspecified atom stereocenters. The molecule has 0 fully saturated rings. The summed E-state index contributed by atoms with van der Waals surface area (Å²) in [5.74, 6) is -1.91. The van der Waals surface area contributed by atoms with Crippen molar-refractivity contribution in [3.05, 3.63) is 36.6 Å². The van der Waals surface area contributed by atoms with Crippen LogP contribution < -0.4 is 0 Å². The number of unbranched alkanes of at least 4 members (excludes halogenated alkanes) is 36. The van der Waals surface area contributed by atoms with Gasteiger partial charge in [0.25, 0.3) is 0 Å². The Bertz CT molecular complexity index is 1330. The highest BCUT2D eigenvalue weighted by Gasteiger charge is 2.39. The molecular weight excluding hydrogens is 918 g/mol. The van der Waals surface area contributed by atoms with E-state index in [1.54, 1.807) is 0 Å². The van der Waals surface area contributed by atoms with Crippen LogP contribution in [0, 0.1) is 0 Å². The minimum absolute atomic E-state index is 0.224. The normalized spacial score (nSPS) is 13.9. The fourth-order valence-corrected chi connectivity index (χ4v) is 10.4. The second-order valence-corrected chi connectivity index (χ2v) is 24.1. The summed E-state index contributed by atoms with van der Waals surface area (Å²) in [6.45, 7) is 6.39. The van der Waals surface area contributed by atoms with Crippen LogP contribution in [-0.4, -0.2) is 74.2 Å². The highest BCUT2D eigenvalue weighted by atomic mass is 31.2. The summed E-state index contributed by atoms with van der Waals surface area (Å²) in [6.07, 6.45) is 61.9. The maximum absolute atomic E-state index is 13.8. The molecule has 0 saturated heterocycles. The van der Waals surface area contributed by atoms with Gasteiger partial charge in [-0.25, -0.2) is 0 Å². The lowest BCUT2D eigenvalue weighted by atomic mass is 10.0. The predicted octanol–water partition coefficient (Wildman–Crippen LogP) is 19.2. The van der Waals surface area contributed by atoms with Gasteiger partial charge in [0.05, 0.1) is 34.0 Å². The van der Waals surface area contributed by atoms with Crippen LogP contribution in [0.3, 0.4) is 0 Å². The summed E-state index contributed by atoms with van der Waals surface area (Å²) in [5.41, 5.74) is 0. The van der Waals surface area contributed by atoms with Gasteiger partial charge in [-0.3, -0.25) is 14.2 Å². The summed E-state index contributed by atoms with van der Waals surface area (Å²) < 4.78 is 37.2. The number of quaternary nitrogens is 1. The first-order chi connectivity index (χ1) is 34.9. The summed E-state index contributed by atoms with van der Waals surface area (Å²) in [5, 5.41) is 0. The molecule has 3 atom stereocenters. The van der Waals surface area contributed by atoms with E-state index in [4.69, 9.17) is 18.7 Å². The van der Waals surface area contributed by atoms with Crippen LogP contribution in [0.5, 0.6) is 0 Å². The van der Waals surface area contributed by atoms with Crippen LogP contribution in [0.25, 0.3) is 0 Å². The molecule has 1 N–H and O–H groups in total. The summed E-state index contributed by atoms with van der Waals surface area (Å²) in [6, 6.07) is 0. The van der Waals surface area contributed by atoms with E-state index >= 15 is 0 Å². The largest absolute Gasteiger partial charge is 0.480 e. The van der Waals surface area contributed by atoms with E-state index in [9.17, 15) is 19.0 Å². The molecule has 0 amide bonds. The molecule has 72 heavy (non-hydrogen) atoms. The van der Waals surface area contributed by atoms with Crippen molar-refractivity contribution in [2.75, 3.05) is 40.9 Å². The topological polar surface area (TPSA) is 108 Å². The van der Waals surface area contributed by atoms with Crippen molar-refractivity contribution in [1.82, 2.24) is 0 Å². The summed E-state index contributed by atoms with van der Waals surface area (Å²) >= 11 is 0. The molecule has 9 nitrogen and oxygen atoms in total. The van der Waals surface area contributed by atoms with Gasteiger partial charge >= 0.3 is 19.5 Å². The zero-order chi connectivity index (χ0) is 52.9. The fraction of sp³-hybridized carbons (Fsp3) is 0.871. The van der Waals surface area contributed by atoms with Crippen molar-refractivity contribution in [1.29, 1.82) is 0 Å². The van der Waals surface area contributed by atoms with Gasteiger partial charge in [-0.05, 0) is 83.1 Å². The predicted molar refractivity (Wildman–Crippen MR) is 307 cm³/mol. The van der Waals surface area contributed by atoms with Gasteiger partial charge in [0.2, 0.25) is 5.85 Å². The minimum Gasteiger partial charge on any atom is -0.480 e. The Morgan fingerprint density at radius 2 is 0.764 bits per heavy atom. The number of rotatable bonds is 56. The third kappa shape index (κ3) is 51.6. The second kappa shape index (κ2) is 52.5. The Labute approximate surface area is 446 Å². The fourth-order valence-electron chi connectivity index (χ4n) is 8.93. The molecule has 0 heterocycles. The van der Waals surface area contributed by atoms with Crippen molar-refractivity contribution >= 4 is 19.5 Å². The molecule has 424 valence electrons. The van der Waals surface area contributed by atoms with Crippen molar-refractivity contribution in [2.24, 2.45) is 0 Å². The number of likely N-dealkylation sites (N-methyl/N-ethyl adjacent to an activating group) is 1. The quantitative estimate of drug-likeness (QED) is 0.0160. The van der Waals surface area contributed by atoms with Gasteiger partial charge in [0, 0.05) is 12.8 Å². The third-order valence-corrected chi connectivity index (χ3v) is 15.1. The van der Waals surface area contributed by atoms with E-state index in [1.165, 1.54) is 173 Å². The lowest BCUT2D eigenvalue weighted by molar-refractivity contribution is -0.872. The smallest absolute Gasteiger partial charge is 0.374 e. The Balaban J connectivity index is 4.97. The molecule has 10 heteroatoms. The monoisotopic (exact) mass is 1040 g/mol. The number of esters is 2. The Hall–Kier alpha value is -1.93. The molecule has 0 aliphatic rings. The van der Waals surface area contributed by atoms with E-state index in [-0.39, 0.29) is 38.6 Å². The molecule has 0 bridgehead atoms. The highest BCUT2D eigenvalue weighted by molar-refractivity contribution is 7.53. The molecule has 0 aliphatic carbocycles. The molecule has 0 saturated carbocycles. The SMILES string of the molecule is CCCCCCCC/C=C\CCCCCCCC(=O)OC[C@H](COP(=O)(O)C(C[N+](C)(C)C)OC=CCCCCCCCCCCCCCCCC)OC(=O)CCCCCCC/C=C\CCCCCCCC. The Kier molecular flexibility index (Phi) is 51.1. The standard InChI is InChI=1S/C62H118NO8P/c1-7-10-13-16-19-22-25-28-31-34-37-40-43-46-49-52-55-68-62(56-63(4,5)6)72(66,67)70-58-59(71-61(65)54-51-48-45-42-39-36-33-30-27-24-21-18-15-12-9-3)57-69-60(64)53-50-47-44-41-38-35-32-29-26-23-20-17-14-11-8-2/h29-30,32-33,52,55,59,62H,7-28,31,34-51,53-54,56-58H2,1-6H3/p+1/b32-29-,33-30-,55-52?/t59-,62?/m1/s1. The first-order valence-corrected chi connectivity index (χ1v) is 32.3. The maximum atomic E-state index is 13.8. The van der Waals surface area contributed by atoms with Gasteiger partial charge in [0.1, 0.15) is 13.2 Å². The molecule has 0 rings (SSSR count). The maximum Gasteiger partial charge on any atom is 0.374 e. The van der Waals surface area contributed by atoms with Crippen LogP contribution in [0.15, 0.2) is 36.6 Å². The van der Waals surface area contributed by atoms with Gasteiger partial charge in [-0.1, -0.05) is 231 Å². The van der Waals surface area contributed by atoms with E-state index in [1.807, 2.05) is 27.2 Å². The number of hydrogen-bond acceptors (Lipinski definition) is 7. The lowest BCUT2D eigenvalue weighted by Gasteiger charge is -2.31. The molecule has 0 aliphatic heterocycles. The third-order valence-electron chi connectivity index (χ3n) is 13.6. The molecule has 0 aromatic heterocycles. The van der Waals surface area contributed by atoms with Crippen LogP contribution in [-0.2, 0) is 32.9 Å². The average Bonchev–Trinajstić information content (AvgIpc) is 3.35. The second-order valence-electron chi connectivity index (χ2n) is 22.1. The molecule has 0 aromatic rings. The van der Waals surface area contributed by atoms with Crippen LogP contribution in [0.4, 0.5) is 0 Å². The van der Waals surface area contributed by atoms with Gasteiger partial charge < -0.3 is 28.1 Å². The van der Waals surface area contributed by atoms with E-state index in [2.05, 4.69) is 45.1 Å². The molecule has 0 aromatic carbocycles. The summed E-state index contributed by atoms with van der Waals surface area (Å²) in [7, 11) is 1.44. The number of ether oxygens (including phenoxy) is 3. The van der Waals surface area contributed by atoms with Crippen LogP contribution in [0.2, 0.25) is 0 Å².